The number of fused-ring (bicyclic) bond motifs is 1. The lowest BCUT2D eigenvalue weighted by molar-refractivity contribution is -0.526. The van der Waals surface area contributed by atoms with Crippen LogP contribution in [-0.2, 0) is 9.53 Å². The van der Waals surface area contributed by atoms with Crippen molar-refractivity contribution in [2.24, 2.45) is 11.8 Å². The Labute approximate surface area is 132 Å². The number of nitrogens with zero attached hydrogens (tertiary/aromatic N) is 1. The van der Waals surface area contributed by atoms with Crippen LogP contribution >= 0.6 is 15.9 Å². The fourth-order valence-electron chi connectivity index (χ4n) is 3.85. The van der Waals surface area contributed by atoms with Crippen LogP contribution in [0, 0.1) is 22.0 Å². The van der Waals surface area contributed by atoms with Crippen molar-refractivity contribution < 1.29 is 14.5 Å². The zero-order chi connectivity index (χ0) is 15.0. The summed E-state index contributed by atoms with van der Waals surface area (Å²) in [5, 5.41) is 10.8. The third-order valence-electron chi connectivity index (χ3n) is 5.09. The summed E-state index contributed by atoms with van der Waals surface area (Å²) in [6.45, 7) is 0. The van der Waals surface area contributed by atoms with Gasteiger partial charge in [-0.15, -0.1) is 0 Å². The molecule has 5 nitrogen and oxygen atoms in total. The Hall–Kier alpha value is -0.910. The molecule has 0 bridgehead atoms. The van der Waals surface area contributed by atoms with Gasteiger partial charge in [0.1, 0.15) is 6.10 Å². The number of hydrogen-bond donors (Lipinski definition) is 0. The Kier molecular flexibility index (Phi) is 4.33. The highest BCUT2D eigenvalue weighted by atomic mass is 79.9. The zero-order valence-corrected chi connectivity index (χ0v) is 13.5. The summed E-state index contributed by atoms with van der Waals surface area (Å²) in [4.78, 5) is 23.3. The maximum atomic E-state index is 12.2. The first-order valence-electron chi connectivity index (χ1n) is 7.75. The largest absolute Gasteiger partial charge is 0.458 e. The van der Waals surface area contributed by atoms with Crippen LogP contribution in [0.25, 0.3) is 0 Å². The smallest absolute Gasteiger partial charge is 0.334 e. The van der Waals surface area contributed by atoms with Crippen LogP contribution in [0.3, 0.4) is 0 Å². The van der Waals surface area contributed by atoms with E-state index in [1.807, 2.05) is 0 Å². The maximum Gasteiger partial charge on any atom is 0.334 e. The molecule has 0 saturated heterocycles. The number of ether oxygens (including phenoxy) is 1. The molecule has 21 heavy (non-hydrogen) atoms. The van der Waals surface area contributed by atoms with Crippen LogP contribution in [0.4, 0.5) is 0 Å². The summed E-state index contributed by atoms with van der Waals surface area (Å²) >= 11 is 3.66. The average Bonchev–Trinajstić information content (AvgIpc) is 2.47. The molecule has 1 aliphatic heterocycles. The molecule has 0 spiro atoms. The number of alkyl halides is 1. The van der Waals surface area contributed by atoms with Crippen LogP contribution in [0.5, 0.6) is 0 Å². The van der Waals surface area contributed by atoms with Gasteiger partial charge in [-0.3, -0.25) is 10.1 Å². The number of halogens is 1. The number of rotatable bonds is 2. The van der Waals surface area contributed by atoms with Gasteiger partial charge in [-0.1, -0.05) is 22.0 Å². The third-order valence-corrected chi connectivity index (χ3v) is 5.92. The lowest BCUT2D eigenvalue weighted by Gasteiger charge is -2.37. The first kappa shape index (κ1) is 15.0. The topological polar surface area (TPSA) is 69.4 Å². The molecule has 0 N–H and O–H groups in total. The Morgan fingerprint density at radius 3 is 2.57 bits per heavy atom. The molecule has 0 aromatic heterocycles. The molecular weight excluding hydrogens is 338 g/mol. The predicted molar refractivity (Wildman–Crippen MR) is 80.8 cm³/mol. The van der Waals surface area contributed by atoms with Gasteiger partial charge >= 0.3 is 5.97 Å². The Morgan fingerprint density at radius 2 is 1.90 bits per heavy atom. The third kappa shape index (κ3) is 3.15. The van der Waals surface area contributed by atoms with E-state index in [-0.39, 0.29) is 22.9 Å². The average molecular weight is 358 g/mol. The van der Waals surface area contributed by atoms with E-state index in [0.29, 0.717) is 23.6 Å². The van der Waals surface area contributed by atoms with Gasteiger partial charge in [0, 0.05) is 34.1 Å². The summed E-state index contributed by atoms with van der Waals surface area (Å²) in [6, 6.07) is -0.434. The Balaban J connectivity index is 1.70. The quantitative estimate of drug-likeness (QED) is 0.329. The first-order chi connectivity index (χ1) is 10.0. The molecule has 0 amide bonds. The number of hydrogen-bond acceptors (Lipinski definition) is 4. The number of esters is 1. The number of carbonyl (C=O) groups excluding carboxylic acids is 1. The molecule has 0 radical (unpaired) electrons. The van der Waals surface area contributed by atoms with Gasteiger partial charge in [-0.25, -0.2) is 4.79 Å². The van der Waals surface area contributed by atoms with Crippen molar-refractivity contribution in [2.75, 3.05) is 0 Å². The van der Waals surface area contributed by atoms with Crippen molar-refractivity contribution >= 4 is 21.9 Å². The monoisotopic (exact) mass is 357 g/mol. The van der Waals surface area contributed by atoms with E-state index in [1.54, 1.807) is 0 Å². The van der Waals surface area contributed by atoms with E-state index in [9.17, 15) is 14.9 Å². The maximum absolute atomic E-state index is 12.2. The highest BCUT2D eigenvalue weighted by molar-refractivity contribution is 9.09. The summed E-state index contributed by atoms with van der Waals surface area (Å²) in [6.07, 6.45) is 7.70. The molecule has 0 aromatic rings. The first-order valence-corrected chi connectivity index (χ1v) is 8.66. The minimum absolute atomic E-state index is 0.0326. The fourth-order valence-corrected chi connectivity index (χ4v) is 4.55. The van der Waals surface area contributed by atoms with E-state index < -0.39 is 6.04 Å². The van der Waals surface area contributed by atoms with Crippen molar-refractivity contribution in [1.29, 1.82) is 0 Å². The molecule has 3 rings (SSSR count). The van der Waals surface area contributed by atoms with Gasteiger partial charge < -0.3 is 4.74 Å². The molecule has 2 fully saturated rings. The summed E-state index contributed by atoms with van der Waals surface area (Å²) in [7, 11) is 0. The van der Waals surface area contributed by atoms with Gasteiger partial charge in [-0.05, 0) is 38.0 Å². The van der Waals surface area contributed by atoms with E-state index in [2.05, 4.69) is 22.0 Å². The van der Waals surface area contributed by atoms with E-state index in [0.717, 1.165) is 37.7 Å². The standard InChI is InChI=1S/C15H20BrNO4/c16-11-3-6-14-10(7-11)8-13(15(18)21-14)9-1-4-12(5-2-9)17(19)20/h8-12,14H,1-7H2. The van der Waals surface area contributed by atoms with Gasteiger partial charge in [0.2, 0.25) is 6.04 Å². The summed E-state index contributed by atoms with van der Waals surface area (Å²) < 4.78 is 5.62. The Bertz CT molecular complexity index is 470. The fraction of sp³-hybridized carbons (Fsp3) is 0.800. The van der Waals surface area contributed by atoms with E-state index >= 15 is 0 Å². The minimum atomic E-state index is -0.434. The highest BCUT2D eigenvalue weighted by Crippen LogP contribution is 2.40. The van der Waals surface area contributed by atoms with Gasteiger partial charge in [-0.2, -0.15) is 0 Å². The van der Waals surface area contributed by atoms with Crippen LogP contribution < -0.4 is 0 Å². The molecule has 3 unspecified atom stereocenters. The second-order valence-electron chi connectivity index (χ2n) is 6.43. The SMILES string of the molecule is O=C1OC2CCC(Br)CC2C=C1C1CCC([N+](=O)[O-])CC1. The number of nitro groups is 1. The molecule has 0 aromatic carbocycles. The van der Waals surface area contributed by atoms with Crippen LogP contribution in [-0.4, -0.2) is 27.9 Å². The van der Waals surface area contributed by atoms with E-state index in [4.69, 9.17) is 4.74 Å². The molecule has 2 saturated carbocycles. The van der Waals surface area contributed by atoms with Crippen molar-refractivity contribution in [3.05, 3.63) is 21.8 Å². The van der Waals surface area contributed by atoms with Gasteiger partial charge in [0.25, 0.3) is 0 Å². The van der Waals surface area contributed by atoms with Crippen LogP contribution in [0.1, 0.15) is 44.9 Å². The molecule has 1 heterocycles. The predicted octanol–water partition coefficient (Wildman–Crippen LogP) is 3.24. The number of carbonyl (C=O) groups is 1. The summed E-state index contributed by atoms with van der Waals surface area (Å²) in [5.74, 6) is 0.267. The normalized spacial score (nSPS) is 40.0. The lowest BCUT2D eigenvalue weighted by Crippen LogP contribution is -2.39. The molecular formula is C15H20BrNO4. The molecule has 3 aliphatic rings. The van der Waals surface area contributed by atoms with Crippen molar-refractivity contribution in [3.63, 3.8) is 0 Å². The van der Waals surface area contributed by atoms with Crippen molar-refractivity contribution in [1.82, 2.24) is 0 Å². The lowest BCUT2D eigenvalue weighted by atomic mass is 9.77. The minimum Gasteiger partial charge on any atom is -0.458 e. The van der Waals surface area contributed by atoms with Crippen LogP contribution in [0.2, 0.25) is 0 Å². The highest BCUT2D eigenvalue weighted by Gasteiger charge is 2.39. The van der Waals surface area contributed by atoms with E-state index in [1.165, 1.54) is 0 Å². The second kappa shape index (κ2) is 6.07. The Morgan fingerprint density at radius 1 is 1.19 bits per heavy atom. The summed E-state index contributed by atoms with van der Waals surface area (Å²) in [5.41, 5.74) is 0.777. The second-order valence-corrected chi connectivity index (χ2v) is 7.73. The molecule has 2 aliphatic carbocycles. The zero-order valence-electron chi connectivity index (χ0n) is 11.9. The molecule has 6 heteroatoms. The van der Waals surface area contributed by atoms with Crippen molar-refractivity contribution in [2.45, 2.75) is 61.9 Å². The van der Waals surface area contributed by atoms with Gasteiger partial charge in [0.15, 0.2) is 0 Å². The van der Waals surface area contributed by atoms with Crippen molar-refractivity contribution in [3.8, 4) is 0 Å². The van der Waals surface area contributed by atoms with Crippen LogP contribution in [0.15, 0.2) is 11.6 Å². The molecule has 3 atom stereocenters. The molecule has 116 valence electrons. The van der Waals surface area contributed by atoms with Gasteiger partial charge in [0.05, 0.1) is 0 Å².